The van der Waals surface area contributed by atoms with Gasteiger partial charge in [-0.2, -0.15) is 0 Å². The smallest absolute Gasteiger partial charge is 0.209 e. The van der Waals surface area contributed by atoms with Crippen molar-refractivity contribution >= 4 is 11.8 Å². The van der Waals surface area contributed by atoms with Crippen molar-refractivity contribution in [1.29, 1.82) is 0 Å². The molecule has 1 N–H and O–H groups in total. The topological polar surface area (TPSA) is 77.8 Å². The van der Waals surface area contributed by atoms with E-state index in [0.717, 1.165) is 42.7 Å². The van der Waals surface area contributed by atoms with Crippen LogP contribution in [0.4, 0.5) is 0 Å². The number of nitrogens with one attached hydrogen (secondary N) is 1. The zero-order valence-electron chi connectivity index (χ0n) is 12.1. The van der Waals surface area contributed by atoms with Crippen LogP contribution in [0.2, 0.25) is 0 Å². The third-order valence-corrected chi connectivity index (χ3v) is 3.76. The van der Waals surface area contributed by atoms with Gasteiger partial charge in [0, 0.05) is 37.8 Å². The van der Waals surface area contributed by atoms with Gasteiger partial charge in [0.25, 0.3) is 0 Å². The van der Waals surface area contributed by atoms with Crippen molar-refractivity contribution in [3.63, 3.8) is 0 Å². The summed E-state index contributed by atoms with van der Waals surface area (Å²) in [7, 11) is 1.69. The van der Waals surface area contributed by atoms with Gasteiger partial charge in [0.2, 0.25) is 5.16 Å². The Morgan fingerprint density at radius 1 is 1.33 bits per heavy atom. The highest BCUT2D eigenvalue weighted by Crippen LogP contribution is 2.14. The maximum Gasteiger partial charge on any atom is 0.209 e. The first kappa shape index (κ1) is 15.9. The molecule has 7 nitrogen and oxygen atoms in total. The fraction of sp³-hybridized carbons (Fsp3) is 0.538. The van der Waals surface area contributed by atoms with Crippen molar-refractivity contribution < 1.29 is 4.74 Å². The quantitative estimate of drug-likeness (QED) is 0.510. The summed E-state index contributed by atoms with van der Waals surface area (Å²) < 4.78 is 6.80. The van der Waals surface area contributed by atoms with Gasteiger partial charge < -0.3 is 10.1 Å². The second-order valence-electron chi connectivity index (χ2n) is 4.35. The number of methoxy groups -OCH3 is 1. The lowest BCUT2D eigenvalue weighted by Gasteiger charge is -2.05. The third-order valence-electron chi connectivity index (χ3n) is 2.80. The largest absolute Gasteiger partial charge is 0.383 e. The van der Waals surface area contributed by atoms with E-state index in [4.69, 9.17) is 4.74 Å². The number of thioether (sulfide) groups is 1. The van der Waals surface area contributed by atoms with Gasteiger partial charge in [-0.05, 0) is 29.0 Å². The molecule has 2 aromatic rings. The van der Waals surface area contributed by atoms with Crippen molar-refractivity contribution in [1.82, 2.24) is 30.5 Å². The average Bonchev–Trinajstić information content (AvgIpc) is 2.96. The van der Waals surface area contributed by atoms with E-state index < -0.39 is 0 Å². The summed E-state index contributed by atoms with van der Waals surface area (Å²) in [6.07, 6.45) is 2.72. The van der Waals surface area contributed by atoms with E-state index in [1.54, 1.807) is 18.9 Å². The minimum absolute atomic E-state index is 0.710. The normalized spacial score (nSPS) is 10.9. The number of hydrogen-bond donors (Lipinski definition) is 1. The van der Waals surface area contributed by atoms with Gasteiger partial charge in [-0.15, -0.1) is 5.10 Å². The molecule has 114 valence electrons. The van der Waals surface area contributed by atoms with Gasteiger partial charge in [0.15, 0.2) is 0 Å². The second kappa shape index (κ2) is 9.43. The van der Waals surface area contributed by atoms with Crippen LogP contribution in [0.15, 0.2) is 29.6 Å². The van der Waals surface area contributed by atoms with Gasteiger partial charge in [-0.1, -0.05) is 17.8 Å². The van der Waals surface area contributed by atoms with E-state index in [-0.39, 0.29) is 0 Å². The fourth-order valence-corrected chi connectivity index (χ4v) is 2.58. The van der Waals surface area contributed by atoms with Gasteiger partial charge >= 0.3 is 0 Å². The molecule has 8 heteroatoms. The van der Waals surface area contributed by atoms with Crippen molar-refractivity contribution in [3.05, 3.63) is 30.1 Å². The second-order valence-corrected chi connectivity index (χ2v) is 5.41. The highest BCUT2D eigenvalue weighted by molar-refractivity contribution is 7.99. The lowest BCUT2D eigenvalue weighted by molar-refractivity contribution is 0.199. The number of tetrazole rings is 1. The standard InChI is InChI=1S/C13H20N6OS/c1-20-10-8-14-7-9-19-13(16-17-18-19)21-11-5-12-4-2-3-6-15-12/h2-4,6,14H,5,7-11H2,1H3. The summed E-state index contributed by atoms with van der Waals surface area (Å²) in [5, 5.41) is 15.9. The highest BCUT2D eigenvalue weighted by Gasteiger charge is 2.06. The molecule has 0 unspecified atom stereocenters. The predicted molar refractivity (Wildman–Crippen MR) is 81.2 cm³/mol. The van der Waals surface area contributed by atoms with Gasteiger partial charge in [0.05, 0.1) is 13.2 Å². The minimum Gasteiger partial charge on any atom is -0.383 e. The Balaban J connectivity index is 1.70. The molecule has 0 aliphatic heterocycles. The van der Waals surface area contributed by atoms with Gasteiger partial charge in [-0.3, -0.25) is 4.98 Å². The molecule has 2 heterocycles. The van der Waals surface area contributed by atoms with Gasteiger partial charge in [0.1, 0.15) is 0 Å². The lowest BCUT2D eigenvalue weighted by atomic mass is 10.3. The monoisotopic (exact) mass is 308 g/mol. The summed E-state index contributed by atoms with van der Waals surface area (Å²) in [5.41, 5.74) is 1.09. The maximum absolute atomic E-state index is 4.98. The molecule has 0 atom stereocenters. The molecule has 0 fully saturated rings. The Morgan fingerprint density at radius 3 is 3.10 bits per heavy atom. The van der Waals surface area contributed by atoms with Gasteiger partial charge in [-0.25, -0.2) is 4.68 Å². The number of aryl methyl sites for hydroxylation is 1. The number of nitrogens with zero attached hydrogens (tertiary/aromatic N) is 5. The van der Waals surface area contributed by atoms with Crippen molar-refractivity contribution in [2.75, 3.05) is 32.6 Å². The Morgan fingerprint density at radius 2 is 2.29 bits per heavy atom. The molecule has 0 radical (unpaired) electrons. The van der Waals surface area contributed by atoms with E-state index >= 15 is 0 Å². The molecule has 0 amide bonds. The maximum atomic E-state index is 4.98. The molecule has 0 aliphatic carbocycles. The molecular formula is C13H20N6OS. The molecule has 0 bridgehead atoms. The van der Waals surface area contributed by atoms with Crippen LogP contribution in [-0.2, 0) is 17.7 Å². The molecule has 0 saturated carbocycles. The molecule has 0 saturated heterocycles. The number of ether oxygens (including phenoxy) is 1. The first-order chi connectivity index (χ1) is 10.4. The Kier molecular flexibility index (Phi) is 7.13. The van der Waals surface area contributed by atoms with Crippen LogP contribution >= 0.6 is 11.8 Å². The van der Waals surface area contributed by atoms with Crippen LogP contribution in [0.25, 0.3) is 0 Å². The molecule has 2 aromatic heterocycles. The zero-order chi connectivity index (χ0) is 14.8. The lowest BCUT2D eigenvalue weighted by Crippen LogP contribution is -2.24. The van der Waals surface area contributed by atoms with Crippen LogP contribution in [0, 0.1) is 0 Å². The molecule has 0 spiro atoms. The summed E-state index contributed by atoms with van der Waals surface area (Å²) in [5.74, 6) is 0.911. The Labute approximate surface area is 128 Å². The molecular weight excluding hydrogens is 288 g/mol. The van der Waals surface area contributed by atoms with Crippen molar-refractivity contribution in [2.45, 2.75) is 18.1 Å². The SMILES string of the molecule is COCCNCCn1nnnc1SCCc1ccccn1. The van der Waals surface area contributed by atoms with E-state index in [1.165, 1.54) is 0 Å². The first-order valence-corrected chi connectivity index (χ1v) is 7.87. The number of hydrogen-bond acceptors (Lipinski definition) is 7. The van der Waals surface area contributed by atoms with Crippen LogP contribution in [0.1, 0.15) is 5.69 Å². The Bertz CT molecular complexity index is 506. The third kappa shape index (κ3) is 5.78. The molecule has 0 aliphatic rings. The number of pyridine rings is 1. The van der Waals surface area contributed by atoms with Crippen LogP contribution in [0.5, 0.6) is 0 Å². The average molecular weight is 308 g/mol. The van der Waals surface area contributed by atoms with Crippen LogP contribution in [0.3, 0.4) is 0 Å². The molecule has 21 heavy (non-hydrogen) atoms. The Hall–Kier alpha value is -1.51. The summed E-state index contributed by atoms with van der Waals surface area (Å²) >= 11 is 1.65. The highest BCUT2D eigenvalue weighted by atomic mass is 32.2. The minimum atomic E-state index is 0.710. The molecule has 2 rings (SSSR count). The van der Waals surface area contributed by atoms with Crippen molar-refractivity contribution in [2.24, 2.45) is 0 Å². The first-order valence-electron chi connectivity index (χ1n) is 6.88. The van der Waals surface area contributed by atoms with Crippen LogP contribution < -0.4 is 5.32 Å². The summed E-state index contributed by atoms with van der Waals surface area (Å²) in [6, 6.07) is 5.96. The molecule has 0 aromatic carbocycles. The summed E-state index contributed by atoms with van der Waals surface area (Å²) in [4.78, 5) is 4.30. The zero-order valence-corrected chi connectivity index (χ0v) is 12.9. The van der Waals surface area contributed by atoms with E-state index in [9.17, 15) is 0 Å². The van der Waals surface area contributed by atoms with E-state index in [2.05, 4.69) is 25.8 Å². The van der Waals surface area contributed by atoms with Crippen molar-refractivity contribution in [3.8, 4) is 0 Å². The fourth-order valence-electron chi connectivity index (χ4n) is 1.72. The van der Waals surface area contributed by atoms with Crippen LogP contribution in [-0.4, -0.2) is 57.8 Å². The number of aromatic nitrogens is 5. The summed E-state index contributed by atoms with van der Waals surface area (Å²) in [6.45, 7) is 3.12. The number of rotatable bonds is 10. The van der Waals surface area contributed by atoms with E-state index in [1.807, 2.05) is 29.1 Å². The van der Waals surface area contributed by atoms with E-state index in [0.29, 0.717) is 6.61 Å². The predicted octanol–water partition coefficient (Wildman–Crippen LogP) is 0.639.